The average Bonchev–Trinajstić information content (AvgIpc) is 2.66. The van der Waals surface area contributed by atoms with Crippen molar-refractivity contribution in [3.8, 4) is 5.69 Å². The minimum Gasteiger partial charge on any atom is -0.312 e. The van der Waals surface area contributed by atoms with Gasteiger partial charge in [-0.2, -0.15) is 5.10 Å². The van der Waals surface area contributed by atoms with Gasteiger partial charge in [-0.3, -0.25) is 0 Å². The summed E-state index contributed by atoms with van der Waals surface area (Å²) in [7, 11) is 0. The Labute approximate surface area is 135 Å². The van der Waals surface area contributed by atoms with Gasteiger partial charge in [-0.05, 0) is 66.4 Å². The summed E-state index contributed by atoms with van der Waals surface area (Å²) in [6, 6.07) is 6.58. The van der Waals surface area contributed by atoms with E-state index in [4.69, 9.17) is 0 Å². The minimum absolute atomic E-state index is 0.678. The highest BCUT2D eigenvalue weighted by Gasteiger charge is 2.12. The molecule has 0 spiro atoms. The summed E-state index contributed by atoms with van der Waals surface area (Å²) < 4.78 is 3.10. The third kappa shape index (κ3) is 3.74. The quantitative estimate of drug-likeness (QED) is 0.871. The number of aryl methyl sites for hydroxylation is 2. The van der Waals surface area contributed by atoms with E-state index in [1.54, 1.807) is 0 Å². The summed E-state index contributed by atoms with van der Waals surface area (Å²) in [5.41, 5.74) is 5.87. The first-order chi connectivity index (χ1) is 9.90. The van der Waals surface area contributed by atoms with Gasteiger partial charge in [0.2, 0.25) is 0 Å². The number of aromatic nitrogens is 2. The molecule has 0 saturated heterocycles. The maximum Gasteiger partial charge on any atom is 0.0743 e. The maximum atomic E-state index is 4.61. The molecule has 2 aromatic rings. The summed E-state index contributed by atoms with van der Waals surface area (Å²) in [5.74, 6) is 0.678. The maximum absolute atomic E-state index is 4.61. The highest BCUT2D eigenvalue weighted by Crippen LogP contribution is 2.25. The predicted octanol–water partition coefficient (Wildman–Crippen LogP) is 4.31. The van der Waals surface area contributed by atoms with Gasteiger partial charge in [0.1, 0.15) is 0 Å². The molecule has 0 aliphatic carbocycles. The molecule has 0 saturated carbocycles. The second-order valence-corrected chi connectivity index (χ2v) is 6.84. The lowest BCUT2D eigenvalue weighted by molar-refractivity contribution is 0.552. The van der Waals surface area contributed by atoms with E-state index in [1.807, 2.05) is 11.6 Å². The standard InChI is InChI=1S/C17H24BrN3/c1-11(2)9-19-10-15-6-7-16(12(3)8-15)21-14(5)17(18)13(4)20-21/h6-8,11,19H,9-10H2,1-5H3. The Morgan fingerprint density at radius 3 is 2.48 bits per heavy atom. The Morgan fingerprint density at radius 2 is 1.95 bits per heavy atom. The largest absolute Gasteiger partial charge is 0.312 e. The fraction of sp³-hybridized carbons (Fsp3) is 0.471. The van der Waals surface area contributed by atoms with Crippen LogP contribution in [0.5, 0.6) is 0 Å². The van der Waals surface area contributed by atoms with Crippen LogP contribution in [0.25, 0.3) is 5.69 Å². The van der Waals surface area contributed by atoms with E-state index in [0.717, 1.165) is 34.6 Å². The molecule has 1 heterocycles. The summed E-state index contributed by atoms with van der Waals surface area (Å²) >= 11 is 3.59. The lowest BCUT2D eigenvalue weighted by atomic mass is 10.1. The number of nitrogens with one attached hydrogen (secondary N) is 1. The number of nitrogens with zero attached hydrogens (tertiary/aromatic N) is 2. The molecule has 1 aromatic heterocycles. The Kier molecular flexibility index (Phi) is 5.22. The summed E-state index contributed by atoms with van der Waals surface area (Å²) in [4.78, 5) is 0. The van der Waals surface area contributed by atoms with E-state index in [-0.39, 0.29) is 0 Å². The molecule has 0 radical (unpaired) electrons. The van der Waals surface area contributed by atoms with Crippen LogP contribution in [0.2, 0.25) is 0 Å². The Bertz CT molecular complexity index is 629. The van der Waals surface area contributed by atoms with Crippen molar-refractivity contribution in [2.24, 2.45) is 5.92 Å². The molecule has 1 N–H and O–H groups in total. The van der Waals surface area contributed by atoms with Gasteiger partial charge < -0.3 is 5.32 Å². The zero-order valence-electron chi connectivity index (χ0n) is 13.5. The molecule has 0 aliphatic heterocycles. The van der Waals surface area contributed by atoms with Crippen molar-refractivity contribution in [3.63, 3.8) is 0 Å². The number of hydrogen-bond acceptors (Lipinski definition) is 2. The monoisotopic (exact) mass is 349 g/mol. The van der Waals surface area contributed by atoms with Crippen molar-refractivity contribution in [3.05, 3.63) is 45.2 Å². The van der Waals surface area contributed by atoms with Crippen molar-refractivity contribution < 1.29 is 0 Å². The lowest BCUT2D eigenvalue weighted by Crippen LogP contribution is -2.19. The molecule has 4 heteroatoms. The molecule has 0 unspecified atom stereocenters. The third-order valence-corrected chi connectivity index (χ3v) is 4.72. The molecule has 114 valence electrons. The molecule has 0 amide bonds. The first kappa shape index (κ1) is 16.2. The zero-order chi connectivity index (χ0) is 15.6. The van der Waals surface area contributed by atoms with E-state index in [9.17, 15) is 0 Å². The van der Waals surface area contributed by atoms with Crippen LogP contribution >= 0.6 is 15.9 Å². The van der Waals surface area contributed by atoms with Gasteiger partial charge in [0.05, 0.1) is 21.5 Å². The Balaban J connectivity index is 2.21. The number of halogens is 1. The second-order valence-electron chi connectivity index (χ2n) is 6.04. The van der Waals surface area contributed by atoms with Gasteiger partial charge in [0.25, 0.3) is 0 Å². The van der Waals surface area contributed by atoms with Crippen LogP contribution in [0.3, 0.4) is 0 Å². The van der Waals surface area contributed by atoms with Gasteiger partial charge >= 0.3 is 0 Å². The van der Waals surface area contributed by atoms with Crippen LogP contribution in [0, 0.1) is 26.7 Å². The van der Waals surface area contributed by atoms with Crippen molar-refractivity contribution >= 4 is 15.9 Å². The molecule has 0 fully saturated rings. The van der Waals surface area contributed by atoms with E-state index in [1.165, 1.54) is 11.1 Å². The fourth-order valence-electron chi connectivity index (χ4n) is 2.43. The molecule has 2 rings (SSSR count). The van der Waals surface area contributed by atoms with Crippen LogP contribution in [0.4, 0.5) is 0 Å². The molecule has 21 heavy (non-hydrogen) atoms. The van der Waals surface area contributed by atoms with Crippen LogP contribution in [-0.2, 0) is 6.54 Å². The highest BCUT2D eigenvalue weighted by molar-refractivity contribution is 9.10. The van der Waals surface area contributed by atoms with Gasteiger partial charge in [-0.15, -0.1) is 0 Å². The van der Waals surface area contributed by atoms with Crippen molar-refractivity contribution in [2.45, 2.75) is 41.2 Å². The molecular formula is C17H24BrN3. The van der Waals surface area contributed by atoms with Gasteiger partial charge in [-0.1, -0.05) is 26.0 Å². The van der Waals surface area contributed by atoms with Gasteiger partial charge in [0.15, 0.2) is 0 Å². The van der Waals surface area contributed by atoms with E-state index >= 15 is 0 Å². The lowest BCUT2D eigenvalue weighted by Gasteiger charge is -2.12. The van der Waals surface area contributed by atoms with Crippen LogP contribution in [0.1, 0.15) is 36.4 Å². The molecular weight excluding hydrogens is 326 g/mol. The summed E-state index contributed by atoms with van der Waals surface area (Å²) in [6.07, 6.45) is 0. The molecule has 0 aliphatic rings. The SMILES string of the molecule is Cc1cc(CNCC(C)C)ccc1-n1nc(C)c(Br)c1C. The first-order valence-corrected chi connectivity index (χ1v) is 8.21. The van der Waals surface area contributed by atoms with Crippen LogP contribution < -0.4 is 5.32 Å². The Hall–Kier alpha value is -1.13. The highest BCUT2D eigenvalue weighted by atomic mass is 79.9. The third-order valence-electron chi connectivity index (χ3n) is 3.57. The van der Waals surface area contributed by atoms with Gasteiger partial charge in [-0.25, -0.2) is 4.68 Å². The normalized spacial score (nSPS) is 11.4. The fourth-order valence-corrected chi connectivity index (χ4v) is 2.68. The van der Waals surface area contributed by atoms with Crippen molar-refractivity contribution in [1.82, 2.24) is 15.1 Å². The topological polar surface area (TPSA) is 29.9 Å². The number of rotatable bonds is 5. The van der Waals surface area contributed by atoms with Crippen LogP contribution in [-0.4, -0.2) is 16.3 Å². The van der Waals surface area contributed by atoms with E-state index in [0.29, 0.717) is 5.92 Å². The van der Waals surface area contributed by atoms with Gasteiger partial charge in [0, 0.05) is 6.54 Å². The zero-order valence-corrected chi connectivity index (χ0v) is 15.1. The minimum atomic E-state index is 0.678. The van der Waals surface area contributed by atoms with Crippen LogP contribution in [0.15, 0.2) is 22.7 Å². The van der Waals surface area contributed by atoms with E-state index in [2.05, 4.69) is 72.2 Å². The Morgan fingerprint density at radius 1 is 1.24 bits per heavy atom. The number of benzene rings is 1. The summed E-state index contributed by atoms with van der Waals surface area (Å²) in [5, 5.41) is 8.09. The van der Waals surface area contributed by atoms with Crippen molar-refractivity contribution in [2.75, 3.05) is 6.54 Å². The van der Waals surface area contributed by atoms with Crippen molar-refractivity contribution in [1.29, 1.82) is 0 Å². The number of hydrogen-bond donors (Lipinski definition) is 1. The molecule has 0 atom stereocenters. The smallest absolute Gasteiger partial charge is 0.0743 e. The predicted molar refractivity (Wildman–Crippen MR) is 92.0 cm³/mol. The molecule has 3 nitrogen and oxygen atoms in total. The first-order valence-electron chi connectivity index (χ1n) is 7.42. The second kappa shape index (κ2) is 6.75. The van der Waals surface area contributed by atoms with E-state index < -0.39 is 0 Å². The molecule has 1 aromatic carbocycles. The average molecular weight is 350 g/mol. The molecule has 0 bridgehead atoms. The summed E-state index contributed by atoms with van der Waals surface area (Å²) in [6.45, 7) is 12.7.